The lowest BCUT2D eigenvalue weighted by molar-refractivity contribution is 0.0601. The molecule has 0 spiro atoms. The van der Waals surface area contributed by atoms with Crippen molar-refractivity contribution in [1.29, 1.82) is 0 Å². The first-order valence-corrected chi connectivity index (χ1v) is 10.3. The van der Waals surface area contributed by atoms with Crippen molar-refractivity contribution >= 4 is 29.0 Å². The zero-order valence-electron chi connectivity index (χ0n) is 16.5. The molecule has 1 aromatic carbocycles. The molecule has 2 unspecified atom stereocenters. The van der Waals surface area contributed by atoms with Gasteiger partial charge in [0, 0.05) is 18.0 Å². The lowest BCUT2D eigenvalue weighted by Crippen LogP contribution is -2.45. The number of piperidine rings is 1. The molecule has 0 aliphatic carbocycles. The summed E-state index contributed by atoms with van der Waals surface area (Å²) in [6, 6.07) is 8.70. The predicted molar refractivity (Wildman–Crippen MR) is 113 cm³/mol. The molecule has 1 aromatic heterocycles. The number of rotatable bonds is 4. The van der Waals surface area contributed by atoms with Gasteiger partial charge in [-0.3, -0.25) is 0 Å². The monoisotopic (exact) mass is 401 g/mol. The van der Waals surface area contributed by atoms with Gasteiger partial charge in [-0.25, -0.2) is 9.79 Å². The molecular formula is C21H27N3O3S. The molecule has 2 atom stereocenters. The summed E-state index contributed by atoms with van der Waals surface area (Å²) in [5, 5.41) is 15.6. The Morgan fingerprint density at radius 2 is 2.07 bits per heavy atom. The number of ether oxygens (including phenoxy) is 1. The summed E-state index contributed by atoms with van der Waals surface area (Å²) in [5.41, 5.74) is 0.819. The number of thiophene rings is 1. The number of carbonyl (C=O) groups is 1. The summed E-state index contributed by atoms with van der Waals surface area (Å²) >= 11 is 1.67. The number of esters is 1. The molecular weight excluding hydrogens is 374 g/mol. The highest BCUT2D eigenvalue weighted by molar-refractivity contribution is 7.09. The Labute approximate surface area is 169 Å². The van der Waals surface area contributed by atoms with Crippen LogP contribution in [0.15, 0.2) is 40.7 Å². The Bertz CT molecular complexity index is 825. The van der Waals surface area contributed by atoms with E-state index in [1.807, 2.05) is 11.4 Å². The largest absolute Gasteiger partial charge is 0.506 e. The van der Waals surface area contributed by atoms with E-state index < -0.39 is 5.97 Å². The quantitative estimate of drug-likeness (QED) is 0.348. The minimum absolute atomic E-state index is 0.0644. The van der Waals surface area contributed by atoms with Gasteiger partial charge in [0.15, 0.2) is 5.96 Å². The number of nitrogens with one attached hydrogen (secondary N) is 1. The molecule has 0 saturated carbocycles. The third kappa shape index (κ3) is 5.04. The number of aliphatic imine (C=N–C) groups is 1. The zero-order chi connectivity index (χ0) is 20.1. The van der Waals surface area contributed by atoms with E-state index in [9.17, 15) is 9.90 Å². The molecule has 3 rings (SSSR count). The van der Waals surface area contributed by atoms with Gasteiger partial charge in [0.2, 0.25) is 0 Å². The molecule has 1 aliphatic rings. The molecule has 0 amide bonds. The number of phenols is 1. The van der Waals surface area contributed by atoms with Crippen molar-refractivity contribution in [3.05, 3.63) is 46.2 Å². The van der Waals surface area contributed by atoms with Crippen molar-refractivity contribution in [2.75, 3.05) is 25.5 Å². The number of hydrogen-bond donors (Lipinski definition) is 2. The summed E-state index contributed by atoms with van der Waals surface area (Å²) in [6.45, 7) is 6.86. The van der Waals surface area contributed by atoms with Gasteiger partial charge in [-0.05, 0) is 47.9 Å². The fraction of sp³-hybridized carbons (Fsp3) is 0.429. The maximum atomic E-state index is 11.9. The number of phenolic OH excluding ortho intramolecular Hbond substituents is 1. The number of guanidine groups is 1. The number of methoxy groups -OCH3 is 1. The molecule has 1 aliphatic heterocycles. The second-order valence-corrected chi connectivity index (χ2v) is 8.45. The van der Waals surface area contributed by atoms with Gasteiger partial charge < -0.3 is 20.1 Å². The molecule has 6 nitrogen and oxygen atoms in total. The molecule has 1 fully saturated rings. The Hall–Kier alpha value is -2.54. The maximum Gasteiger partial charge on any atom is 0.337 e. The normalized spacial score (nSPS) is 20.1. The topological polar surface area (TPSA) is 74.2 Å². The summed E-state index contributed by atoms with van der Waals surface area (Å²) in [7, 11) is 1.34. The Morgan fingerprint density at radius 3 is 2.71 bits per heavy atom. The Balaban J connectivity index is 1.88. The number of benzene rings is 1. The van der Waals surface area contributed by atoms with Crippen LogP contribution in [-0.2, 0) is 11.3 Å². The van der Waals surface area contributed by atoms with Crippen molar-refractivity contribution in [3.8, 4) is 5.75 Å². The Kier molecular flexibility index (Phi) is 6.57. The standard InChI is InChI=1S/C21H27N3O3S/c1-14-9-15(2)13-24(12-14)21(22-11-17-5-4-8-28-17)23-18-10-16(20(26)27-3)6-7-19(18)25/h4-8,10,14-15,25H,9,11-13H2,1-3H3,(H,22,23). The first kappa shape index (κ1) is 20.2. The van der Waals surface area contributed by atoms with Crippen molar-refractivity contribution in [3.63, 3.8) is 0 Å². The summed E-state index contributed by atoms with van der Waals surface area (Å²) in [4.78, 5) is 20.1. The molecule has 0 radical (unpaired) electrons. The molecule has 28 heavy (non-hydrogen) atoms. The number of likely N-dealkylation sites (tertiary alicyclic amines) is 1. The van der Waals surface area contributed by atoms with Crippen molar-refractivity contribution in [2.24, 2.45) is 16.8 Å². The van der Waals surface area contributed by atoms with Crippen LogP contribution in [0.4, 0.5) is 5.69 Å². The maximum absolute atomic E-state index is 11.9. The first-order valence-electron chi connectivity index (χ1n) is 9.46. The number of hydrogen-bond acceptors (Lipinski definition) is 5. The number of nitrogens with zero attached hydrogens (tertiary/aromatic N) is 2. The number of anilines is 1. The molecule has 7 heteroatoms. The van der Waals surface area contributed by atoms with Crippen molar-refractivity contribution in [2.45, 2.75) is 26.8 Å². The van der Waals surface area contributed by atoms with E-state index >= 15 is 0 Å². The average Bonchev–Trinajstić information content (AvgIpc) is 3.18. The third-order valence-corrected chi connectivity index (χ3v) is 5.66. The van der Waals surface area contributed by atoms with Gasteiger partial charge in [-0.1, -0.05) is 19.9 Å². The summed E-state index contributed by atoms with van der Waals surface area (Å²) in [6.07, 6.45) is 1.19. The van der Waals surface area contributed by atoms with Gasteiger partial charge in [0.25, 0.3) is 0 Å². The van der Waals surface area contributed by atoms with Crippen LogP contribution in [0.5, 0.6) is 5.75 Å². The fourth-order valence-corrected chi connectivity index (χ4v) is 4.24. The highest BCUT2D eigenvalue weighted by Crippen LogP contribution is 2.27. The van der Waals surface area contributed by atoms with Crippen molar-refractivity contribution in [1.82, 2.24) is 4.90 Å². The van der Waals surface area contributed by atoms with Crippen LogP contribution in [-0.4, -0.2) is 42.1 Å². The molecule has 2 aromatic rings. The molecule has 150 valence electrons. The third-order valence-electron chi connectivity index (χ3n) is 4.80. The second-order valence-electron chi connectivity index (χ2n) is 7.42. The Morgan fingerprint density at radius 1 is 1.32 bits per heavy atom. The molecule has 2 heterocycles. The van der Waals surface area contributed by atoms with E-state index in [1.54, 1.807) is 23.5 Å². The summed E-state index contributed by atoms with van der Waals surface area (Å²) < 4.78 is 4.79. The van der Waals surface area contributed by atoms with E-state index in [-0.39, 0.29) is 5.75 Å². The minimum atomic E-state index is -0.444. The predicted octanol–water partition coefficient (Wildman–Crippen LogP) is 4.19. The van der Waals surface area contributed by atoms with Crippen LogP contribution < -0.4 is 5.32 Å². The van der Waals surface area contributed by atoms with Crippen LogP contribution in [0.3, 0.4) is 0 Å². The highest BCUT2D eigenvalue weighted by atomic mass is 32.1. The number of carbonyl (C=O) groups excluding carboxylic acids is 1. The first-order chi connectivity index (χ1) is 13.5. The van der Waals surface area contributed by atoms with Gasteiger partial charge in [-0.2, -0.15) is 0 Å². The molecule has 2 N–H and O–H groups in total. The van der Waals surface area contributed by atoms with Crippen LogP contribution >= 0.6 is 11.3 Å². The lowest BCUT2D eigenvalue weighted by Gasteiger charge is -2.37. The second kappa shape index (κ2) is 9.10. The minimum Gasteiger partial charge on any atom is -0.506 e. The SMILES string of the molecule is COC(=O)c1ccc(O)c(NC(=NCc2cccs2)N2CC(C)CC(C)C2)c1. The van der Waals surface area contributed by atoms with Crippen LogP contribution in [0.2, 0.25) is 0 Å². The highest BCUT2D eigenvalue weighted by Gasteiger charge is 2.25. The zero-order valence-corrected chi connectivity index (χ0v) is 17.3. The van der Waals surface area contributed by atoms with E-state index in [1.165, 1.54) is 24.5 Å². The van der Waals surface area contributed by atoms with E-state index in [2.05, 4.69) is 30.1 Å². The smallest absolute Gasteiger partial charge is 0.337 e. The van der Waals surface area contributed by atoms with Gasteiger partial charge in [0.1, 0.15) is 5.75 Å². The van der Waals surface area contributed by atoms with Crippen LogP contribution in [0.1, 0.15) is 35.5 Å². The van der Waals surface area contributed by atoms with Gasteiger partial charge in [0.05, 0.1) is 24.9 Å². The van der Waals surface area contributed by atoms with Gasteiger partial charge in [-0.15, -0.1) is 11.3 Å². The fourth-order valence-electron chi connectivity index (χ4n) is 3.61. The van der Waals surface area contributed by atoms with E-state index in [4.69, 9.17) is 9.73 Å². The van der Waals surface area contributed by atoms with Crippen LogP contribution in [0, 0.1) is 11.8 Å². The molecule has 0 bridgehead atoms. The average molecular weight is 402 g/mol. The van der Waals surface area contributed by atoms with Crippen molar-refractivity contribution < 1.29 is 14.6 Å². The van der Waals surface area contributed by atoms with E-state index in [0.29, 0.717) is 35.6 Å². The number of aromatic hydroxyl groups is 1. The molecule has 1 saturated heterocycles. The van der Waals surface area contributed by atoms with Gasteiger partial charge >= 0.3 is 5.97 Å². The lowest BCUT2D eigenvalue weighted by atomic mass is 9.92. The summed E-state index contributed by atoms with van der Waals surface area (Å²) in [5.74, 6) is 1.46. The van der Waals surface area contributed by atoms with E-state index in [0.717, 1.165) is 13.1 Å². The van der Waals surface area contributed by atoms with Crippen LogP contribution in [0.25, 0.3) is 0 Å².